The molecule has 0 saturated carbocycles. The summed E-state index contributed by atoms with van der Waals surface area (Å²) in [5.74, 6) is -0.510. The molecule has 7 heteroatoms. The predicted octanol–water partition coefficient (Wildman–Crippen LogP) is 3.69. The summed E-state index contributed by atoms with van der Waals surface area (Å²) < 4.78 is 13.8. The van der Waals surface area contributed by atoms with Crippen LogP contribution in [0.3, 0.4) is 0 Å². The van der Waals surface area contributed by atoms with Crippen molar-refractivity contribution in [1.29, 1.82) is 15.8 Å². The fraction of sp³-hybridized carbons (Fsp3) is 0. The van der Waals surface area contributed by atoms with Crippen molar-refractivity contribution >= 4 is 16.6 Å². The van der Waals surface area contributed by atoms with Gasteiger partial charge in [-0.05, 0) is 35.9 Å². The van der Waals surface area contributed by atoms with Gasteiger partial charge in [0.1, 0.15) is 18.0 Å². The average Bonchev–Trinajstić information content (AvgIpc) is 2.98. The fourth-order valence-corrected chi connectivity index (χ4v) is 3.08. The monoisotopic (exact) mass is 348 g/mol. The molecule has 122 valence electrons. The van der Waals surface area contributed by atoms with E-state index >= 15 is 0 Å². The van der Waals surface area contributed by atoms with Crippen LogP contribution in [0.2, 0.25) is 0 Å². The molecular formula is C20H5FN6. The van der Waals surface area contributed by atoms with Crippen molar-refractivity contribution in [2.45, 2.75) is 0 Å². The standard InChI is InChI=1S/C20H5FN6/c1-25-17(9-24)18-14-6-12(21)2-3-13(14)19-20(18)27-16-5-11(8-23)10(7-22)4-15(16)26-19/h2-6H/b18-17+. The molecule has 0 N–H and O–H groups in total. The maximum atomic E-state index is 13.8. The Labute approximate surface area is 152 Å². The number of halogens is 1. The Morgan fingerprint density at radius 3 is 2.11 bits per heavy atom. The molecule has 0 atom stereocenters. The summed E-state index contributed by atoms with van der Waals surface area (Å²) in [5.41, 5.74) is 2.66. The number of benzene rings is 2. The lowest BCUT2D eigenvalue weighted by Gasteiger charge is -2.05. The van der Waals surface area contributed by atoms with Crippen molar-refractivity contribution in [1.82, 2.24) is 9.97 Å². The van der Waals surface area contributed by atoms with E-state index in [2.05, 4.69) is 14.8 Å². The van der Waals surface area contributed by atoms with Gasteiger partial charge in [-0.2, -0.15) is 10.5 Å². The highest BCUT2D eigenvalue weighted by Crippen LogP contribution is 2.44. The predicted molar refractivity (Wildman–Crippen MR) is 92.6 cm³/mol. The molecule has 0 saturated heterocycles. The Balaban J connectivity index is 2.16. The van der Waals surface area contributed by atoms with Gasteiger partial charge in [-0.25, -0.2) is 24.5 Å². The van der Waals surface area contributed by atoms with Gasteiger partial charge in [-0.1, -0.05) is 0 Å². The van der Waals surface area contributed by atoms with Gasteiger partial charge in [0.15, 0.2) is 0 Å². The van der Waals surface area contributed by atoms with Crippen LogP contribution in [0.25, 0.3) is 32.7 Å². The van der Waals surface area contributed by atoms with Crippen LogP contribution in [-0.4, -0.2) is 9.97 Å². The van der Waals surface area contributed by atoms with Crippen LogP contribution in [0.5, 0.6) is 0 Å². The summed E-state index contributed by atoms with van der Waals surface area (Å²) >= 11 is 0. The molecule has 6 nitrogen and oxygen atoms in total. The first kappa shape index (κ1) is 15.9. The van der Waals surface area contributed by atoms with Crippen molar-refractivity contribution in [2.75, 3.05) is 0 Å². The number of hydrogen-bond acceptors (Lipinski definition) is 5. The van der Waals surface area contributed by atoms with E-state index in [1.165, 1.54) is 30.3 Å². The van der Waals surface area contributed by atoms with Crippen LogP contribution in [-0.2, 0) is 0 Å². The first-order valence-corrected chi connectivity index (χ1v) is 7.59. The lowest BCUT2D eigenvalue weighted by atomic mass is 10.0. The SMILES string of the molecule is [C-]#[N+]/C(C#N)=C1\c2cc(F)ccc2-c2nc3cc(C#N)c(C#N)cc3nc21. The number of fused-ring (bicyclic) bond motifs is 4. The zero-order chi connectivity index (χ0) is 19.1. The molecule has 2 aromatic carbocycles. The number of rotatable bonds is 0. The van der Waals surface area contributed by atoms with E-state index in [-0.39, 0.29) is 28.1 Å². The van der Waals surface area contributed by atoms with Crippen molar-refractivity contribution in [2.24, 2.45) is 0 Å². The third-order valence-electron chi connectivity index (χ3n) is 4.24. The minimum atomic E-state index is -0.510. The van der Waals surface area contributed by atoms with Crippen molar-refractivity contribution in [3.05, 3.63) is 75.6 Å². The van der Waals surface area contributed by atoms with E-state index in [9.17, 15) is 20.2 Å². The maximum Gasteiger partial charge on any atom is 0.271 e. The number of aromatic nitrogens is 2. The molecule has 1 heterocycles. The van der Waals surface area contributed by atoms with E-state index in [0.717, 1.165) is 0 Å². The van der Waals surface area contributed by atoms with Crippen molar-refractivity contribution < 1.29 is 4.39 Å². The summed E-state index contributed by atoms with van der Waals surface area (Å²) in [6.07, 6.45) is 0. The largest absolute Gasteiger partial charge is 0.271 e. The second kappa shape index (κ2) is 5.74. The molecular weight excluding hydrogens is 343 g/mol. The van der Waals surface area contributed by atoms with Crippen LogP contribution in [0.15, 0.2) is 36.0 Å². The fourth-order valence-electron chi connectivity index (χ4n) is 3.08. The topological polar surface area (TPSA) is 102 Å². The Hall–Kier alpha value is -4.59. The smallest absolute Gasteiger partial charge is 0.245 e. The Kier molecular flexibility index (Phi) is 3.38. The number of nitriles is 3. The van der Waals surface area contributed by atoms with Gasteiger partial charge in [0, 0.05) is 11.1 Å². The van der Waals surface area contributed by atoms with E-state index in [0.29, 0.717) is 27.9 Å². The van der Waals surface area contributed by atoms with Crippen molar-refractivity contribution in [3.8, 4) is 29.5 Å². The van der Waals surface area contributed by atoms with Crippen LogP contribution in [0, 0.1) is 46.4 Å². The summed E-state index contributed by atoms with van der Waals surface area (Å²) in [4.78, 5) is 12.2. The third-order valence-corrected chi connectivity index (χ3v) is 4.24. The number of allylic oxidation sites excluding steroid dienone is 1. The van der Waals surface area contributed by atoms with Crippen LogP contribution in [0.1, 0.15) is 22.4 Å². The highest BCUT2D eigenvalue weighted by molar-refractivity contribution is 6.02. The molecule has 1 aliphatic rings. The highest BCUT2D eigenvalue weighted by Gasteiger charge is 2.30. The van der Waals surface area contributed by atoms with Gasteiger partial charge in [-0.3, -0.25) is 0 Å². The van der Waals surface area contributed by atoms with E-state index in [1.54, 1.807) is 0 Å². The summed E-state index contributed by atoms with van der Waals surface area (Å²) in [6, 6.07) is 12.6. The van der Waals surface area contributed by atoms with Gasteiger partial charge >= 0.3 is 0 Å². The molecule has 3 aromatic rings. The second-order valence-corrected chi connectivity index (χ2v) is 5.67. The van der Waals surface area contributed by atoms with Crippen LogP contribution >= 0.6 is 0 Å². The molecule has 0 radical (unpaired) electrons. The van der Waals surface area contributed by atoms with E-state index < -0.39 is 5.82 Å². The van der Waals surface area contributed by atoms with Crippen LogP contribution < -0.4 is 0 Å². The van der Waals surface area contributed by atoms with Crippen molar-refractivity contribution in [3.63, 3.8) is 0 Å². The average molecular weight is 348 g/mol. The Morgan fingerprint density at radius 1 is 0.926 bits per heavy atom. The quantitative estimate of drug-likeness (QED) is 0.356. The minimum Gasteiger partial charge on any atom is -0.245 e. The Bertz CT molecular complexity index is 1360. The third kappa shape index (κ3) is 2.21. The molecule has 4 rings (SSSR count). The molecule has 0 spiro atoms. The zero-order valence-electron chi connectivity index (χ0n) is 13.4. The lowest BCUT2D eigenvalue weighted by Crippen LogP contribution is -1.96. The molecule has 1 aliphatic carbocycles. The molecule has 0 unspecified atom stereocenters. The first-order chi connectivity index (χ1) is 13.1. The van der Waals surface area contributed by atoms with Crippen LogP contribution in [0.4, 0.5) is 4.39 Å². The van der Waals surface area contributed by atoms with Gasteiger partial charge in [0.25, 0.3) is 5.70 Å². The van der Waals surface area contributed by atoms with Gasteiger partial charge in [-0.15, -0.1) is 0 Å². The molecule has 0 amide bonds. The summed E-state index contributed by atoms with van der Waals surface area (Å²) in [7, 11) is 0. The Morgan fingerprint density at radius 2 is 1.56 bits per heavy atom. The summed E-state index contributed by atoms with van der Waals surface area (Å²) in [5, 5.41) is 27.7. The van der Waals surface area contributed by atoms with E-state index in [1.807, 2.05) is 18.2 Å². The zero-order valence-corrected chi connectivity index (χ0v) is 13.4. The molecule has 0 aliphatic heterocycles. The van der Waals surface area contributed by atoms with Gasteiger partial charge in [0.2, 0.25) is 0 Å². The van der Waals surface area contributed by atoms with E-state index in [4.69, 9.17) is 6.57 Å². The molecule has 27 heavy (non-hydrogen) atoms. The second-order valence-electron chi connectivity index (χ2n) is 5.67. The number of nitrogens with zero attached hydrogens (tertiary/aromatic N) is 6. The number of hydrogen-bond donors (Lipinski definition) is 0. The molecule has 0 fully saturated rings. The highest BCUT2D eigenvalue weighted by atomic mass is 19.1. The molecule has 1 aromatic heterocycles. The first-order valence-electron chi connectivity index (χ1n) is 7.59. The molecule has 0 bridgehead atoms. The normalized spacial score (nSPS) is 12.9. The summed E-state index contributed by atoms with van der Waals surface area (Å²) in [6.45, 7) is 7.26. The maximum absolute atomic E-state index is 13.8. The van der Waals surface area contributed by atoms with Gasteiger partial charge in [0.05, 0.1) is 46.2 Å². The minimum absolute atomic E-state index is 0.150. The van der Waals surface area contributed by atoms with Gasteiger partial charge < -0.3 is 0 Å². The lowest BCUT2D eigenvalue weighted by molar-refractivity contribution is 0.627.